The summed E-state index contributed by atoms with van der Waals surface area (Å²) < 4.78 is 24.3. The molecule has 3 nitrogen and oxygen atoms in total. The Balaban J connectivity index is 2.16. The second kappa shape index (κ2) is 7.84. The van der Waals surface area contributed by atoms with Gasteiger partial charge in [0.25, 0.3) is 0 Å². The van der Waals surface area contributed by atoms with Crippen LogP contribution in [0.15, 0.2) is 41.0 Å². The Hall–Kier alpha value is -1.81. The first-order chi connectivity index (χ1) is 10.2. The molecule has 2 rings (SSSR count). The molecule has 1 N–H and O–H groups in total. The normalized spacial score (nSPS) is 12.3. The summed E-state index contributed by atoms with van der Waals surface area (Å²) in [6.45, 7) is 2.99. The molecule has 0 amide bonds. The average Bonchev–Trinajstić information content (AvgIpc) is 3.01. The Morgan fingerprint density at radius 1 is 1.33 bits per heavy atom. The largest absolute Gasteiger partial charge is 0.496 e. The number of nitrogens with one attached hydrogen (secondary N) is 1. The zero-order valence-corrected chi connectivity index (χ0v) is 12.6. The van der Waals surface area contributed by atoms with Crippen molar-refractivity contribution in [2.75, 3.05) is 13.7 Å². The maximum Gasteiger partial charge on any atom is 0.123 e. The molecule has 0 saturated carbocycles. The molecular formula is C17H22FNO2. The molecule has 0 fully saturated rings. The fraction of sp³-hybridized carbons (Fsp3) is 0.412. The predicted octanol–water partition coefficient (Wildman–Crippen LogP) is 4.10. The van der Waals surface area contributed by atoms with Gasteiger partial charge in [0, 0.05) is 18.0 Å². The third-order valence-corrected chi connectivity index (χ3v) is 3.47. The zero-order chi connectivity index (χ0) is 15.1. The van der Waals surface area contributed by atoms with Crippen LogP contribution in [0.2, 0.25) is 0 Å². The fourth-order valence-electron chi connectivity index (χ4n) is 2.41. The highest BCUT2D eigenvalue weighted by molar-refractivity contribution is 5.36. The predicted molar refractivity (Wildman–Crippen MR) is 81.0 cm³/mol. The zero-order valence-electron chi connectivity index (χ0n) is 12.6. The molecular weight excluding hydrogens is 269 g/mol. The number of hydrogen-bond donors (Lipinski definition) is 1. The van der Waals surface area contributed by atoms with Crippen LogP contribution in [0.25, 0.3) is 0 Å². The second-order valence-corrected chi connectivity index (χ2v) is 5.01. The van der Waals surface area contributed by atoms with Crippen molar-refractivity contribution in [2.24, 2.45) is 0 Å². The van der Waals surface area contributed by atoms with E-state index < -0.39 is 0 Å². The van der Waals surface area contributed by atoms with E-state index in [1.165, 1.54) is 6.07 Å². The summed E-state index contributed by atoms with van der Waals surface area (Å²) in [4.78, 5) is 0. The molecule has 0 bridgehead atoms. The van der Waals surface area contributed by atoms with E-state index in [0.29, 0.717) is 5.75 Å². The van der Waals surface area contributed by atoms with Gasteiger partial charge >= 0.3 is 0 Å². The first-order valence-electron chi connectivity index (χ1n) is 7.33. The third kappa shape index (κ3) is 4.33. The quantitative estimate of drug-likeness (QED) is 0.795. The highest BCUT2D eigenvalue weighted by Crippen LogP contribution is 2.29. The van der Waals surface area contributed by atoms with Crippen LogP contribution in [0.3, 0.4) is 0 Å². The van der Waals surface area contributed by atoms with E-state index in [1.54, 1.807) is 25.5 Å². The van der Waals surface area contributed by atoms with Crippen LogP contribution < -0.4 is 10.1 Å². The van der Waals surface area contributed by atoms with Crippen molar-refractivity contribution in [1.82, 2.24) is 5.32 Å². The minimum atomic E-state index is -0.243. The van der Waals surface area contributed by atoms with Crippen molar-refractivity contribution in [3.05, 3.63) is 53.7 Å². The summed E-state index contributed by atoms with van der Waals surface area (Å²) in [6.07, 6.45) is 4.32. The molecule has 1 atom stereocenters. The molecule has 4 heteroatoms. The molecule has 0 radical (unpaired) electrons. The number of hydrogen-bond acceptors (Lipinski definition) is 3. The van der Waals surface area contributed by atoms with Crippen LogP contribution in [0.4, 0.5) is 4.39 Å². The third-order valence-electron chi connectivity index (χ3n) is 3.47. The minimum absolute atomic E-state index is 0.0423. The van der Waals surface area contributed by atoms with Crippen LogP contribution in [0, 0.1) is 5.82 Å². The number of methoxy groups -OCH3 is 1. The smallest absolute Gasteiger partial charge is 0.123 e. The summed E-state index contributed by atoms with van der Waals surface area (Å²) >= 11 is 0. The molecule has 1 aromatic heterocycles. The number of benzene rings is 1. The lowest BCUT2D eigenvalue weighted by molar-refractivity contribution is 0.389. The van der Waals surface area contributed by atoms with Gasteiger partial charge < -0.3 is 14.5 Å². The van der Waals surface area contributed by atoms with E-state index >= 15 is 0 Å². The molecule has 21 heavy (non-hydrogen) atoms. The number of halogens is 1. The minimum Gasteiger partial charge on any atom is -0.496 e. The number of ether oxygens (including phenoxy) is 1. The van der Waals surface area contributed by atoms with Gasteiger partial charge in [-0.2, -0.15) is 0 Å². The van der Waals surface area contributed by atoms with E-state index in [2.05, 4.69) is 12.2 Å². The Labute approximate surface area is 125 Å². The summed E-state index contributed by atoms with van der Waals surface area (Å²) in [5.41, 5.74) is 0.859. The lowest BCUT2D eigenvalue weighted by Crippen LogP contribution is -2.23. The lowest BCUT2D eigenvalue weighted by Gasteiger charge is -2.21. The number of rotatable bonds is 8. The van der Waals surface area contributed by atoms with E-state index in [0.717, 1.165) is 37.1 Å². The standard InChI is InChI=1S/C17H22FNO2/c1-3-10-19-16(8-7-14-5-4-11-21-14)15-12-13(18)6-9-17(15)20-2/h4-6,9,11-12,16,19H,3,7-8,10H2,1-2H3. The average molecular weight is 291 g/mol. The highest BCUT2D eigenvalue weighted by atomic mass is 19.1. The Morgan fingerprint density at radius 2 is 2.19 bits per heavy atom. The summed E-state index contributed by atoms with van der Waals surface area (Å²) in [5.74, 6) is 1.41. The summed E-state index contributed by atoms with van der Waals surface area (Å²) in [6, 6.07) is 8.53. The van der Waals surface area contributed by atoms with Gasteiger partial charge in [-0.15, -0.1) is 0 Å². The molecule has 114 valence electrons. The maximum absolute atomic E-state index is 13.6. The van der Waals surface area contributed by atoms with E-state index in [9.17, 15) is 4.39 Å². The Kier molecular flexibility index (Phi) is 5.81. The van der Waals surface area contributed by atoms with Crippen molar-refractivity contribution in [1.29, 1.82) is 0 Å². The van der Waals surface area contributed by atoms with Crippen LogP contribution >= 0.6 is 0 Å². The van der Waals surface area contributed by atoms with Crippen molar-refractivity contribution in [3.63, 3.8) is 0 Å². The van der Waals surface area contributed by atoms with Gasteiger partial charge in [-0.1, -0.05) is 6.92 Å². The fourth-order valence-corrected chi connectivity index (χ4v) is 2.41. The SMILES string of the molecule is CCCNC(CCc1ccco1)c1cc(F)ccc1OC. The van der Waals surface area contributed by atoms with Gasteiger partial charge in [0.15, 0.2) is 0 Å². The van der Waals surface area contributed by atoms with Gasteiger partial charge in [0.2, 0.25) is 0 Å². The Bertz CT molecular complexity index is 540. The summed E-state index contributed by atoms with van der Waals surface area (Å²) in [7, 11) is 1.61. The van der Waals surface area contributed by atoms with Gasteiger partial charge in [0.05, 0.1) is 13.4 Å². The van der Waals surface area contributed by atoms with Crippen molar-refractivity contribution in [3.8, 4) is 5.75 Å². The molecule has 2 aromatic rings. The highest BCUT2D eigenvalue weighted by Gasteiger charge is 2.17. The van der Waals surface area contributed by atoms with Crippen molar-refractivity contribution >= 4 is 0 Å². The number of furan rings is 1. The van der Waals surface area contributed by atoms with E-state index in [4.69, 9.17) is 9.15 Å². The maximum atomic E-state index is 13.6. The van der Waals surface area contributed by atoms with E-state index in [-0.39, 0.29) is 11.9 Å². The molecule has 0 spiro atoms. The molecule has 0 aliphatic carbocycles. The van der Waals surface area contributed by atoms with Crippen molar-refractivity contribution < 1.29 is 13.5 Å². The Morgan fingerprint density at radius 3 is 2.86 bits per heavy atom. The van der Waals surface area contributed by atoms with E-state index in [1.807, 2.05) is 12.1 Å². The van der Waals surface area contributed by atoms with Gasteiger partial charge in [-0.25, -0.2) is 4.39 Å². The van der Waals surface area contributed by atoms with Crippen molar-refractivity contribution in [2.45, 2.75) is 32.2 Å². The van der Waals surface area contributed by atoms with Crippen LogP contribution in [0.5, 0.6) is 5.75 Å². The second-order valence-electron chi connectivity index (χ2n) is 5.01. The molecule has 1 aromatic carbocycles. The molecule has 0 aliphatic rings. The van der Waals surface area contributed by atoms with Crippen LogP contribution in [0.1, 0.15) is 37.1 Å². The summed E-state index contributed by atoms with van der Waals surface area (Å²) in [5, 5.41) is 3.46. The molecule has 0 saturated heterocycles. The van der Waals surface area contributed by atoms with Gasteiger partial charge in [-0.05, 0) is 49.7 Å². The lowest BCUT2D eigenvalue weighted by atomic mass is 9.99. The van der Waals surface area contributed by atoms with Crippen LogP contribution in [-0.2, 0) is 6.42 Å². The topological polar surface area (TPSA) is 34.4 Å². The van der Waals surface area contributed by atoms with Gasteiger partial charge in [-0.3, -0.25) is 0 Å². The number of aryl methyl sites for hydroxylation is 1. The van der Waals surface area contributed by atoms with Gasteiger partial charge in [0.1, 0.15) is 17.3 Å². The first-order valence-corrected chi connectivity index (χ1v) is 7.33. The first kappa shape index (κ1) is 15.6. The molecule has 1 unspecified atom stereocenters. The van der Waals surface area contributed by atoms with Crippen LogP contribution in [-0.4, -0.2) is 13.7 Å². The molecule has 0 aliphatic heterocycles. The molecule has 1 heterocycles. The monoisotopic (exact) mass is 291 g/mol.